The molecule has 0 spiro atoms. The molecule has 0 bridgehead atoms. The zero-order valence-electron chi connectivity index (χ0n) is 15.9. The van der Waals surface area contributed by atoms with E-state index < -0.39 is 5.82 Å². The van der Waals surface area contributed by atoms with Crippen LogP contribution in [0, 0.1) is 5.82 Å². The van der Waals surface area contributed by atoms with Crippen molar-refractivity contribution < 1.29 is 23.0 Å². The fourth-order valence-electron chi connectivity index (χ4n) is 2.84. The van der Waals surface area contributed by atoms with E-state index in [9.17, 15) is 9.18 Å². The first kappa shape index (κ1) is 19.8. The van der Waals surface area contributed by atoms with E-state index in [1.54, 1.807) is 55.6 Å². The van der Waals surface area contributed by atoms with Crippen LogP contribution in [0.15, 0.2) is 76.1 Å². The maximum Gasteiger partial charge on any atom is 0.235 e. The van der Waals surface area contributed by atoms with Gasteiger partial charge in [0.25, 0.3) is 0 Å². The summed E-state index contributed by atoms with van der Waals surface area (Å²) in [6, 6.07) is 15.9. The van der Waals surface area contributed by atoms with E-state index in [1.165, 1.54) is 18.4 Å². The van der Waals surface area contributed by atoms with Crippen molar-refractivity contribution >= 4 is 22.6 Å². The minimum Gasteiger partial charge on any atom is -0.497 e. The van der Waals surface area contributed by atoms with Gasteiger partial charge in [-0.25, -0.2) is 4.39 Å². The van der Waals surface area contributed by atoms with Crippen LogP contribution in [0.5, 0.6) is 23.0 Å². The molecule has 0 radical (unpaired) electrons. The minimum absolute atomic E-state index is 0.0579. The van der Waals surface area contributed by atoms with Gasteiger partial charge in [0.05, 0.1) is 17.5 Å². The van der Waals surface area contributed by atoms with Crippen LogP contribution < -0.4 is 19.6 Å². The number of halogens is 2. The number of hydrogen-bond donors (Lipinski definition) is 0. The summed E-state index contributed by atoms with van der Waals surface area (Å²) in [5.74, 6) is 1.19. The molecular formula is C23H16ClFO5. The molecule has 0 fully saturated rings. The highest BCUT2D eigenvalue weighted by atomic mass is 35.5. The van der Waals surface area contributed by atoms with E-state index in [1.807, 2.05) is 0 Å². The molecule has 0 unspecified atom stereocenters. The highest BCUT2D eigenvalue weighted by molar-refractivity contribution is 6.31. The molecule has 152 valence electrons. The van der Waals surface area contributed by atoms with E-state index in [4.69, 9.17) is 30.2 Å². The molecule has 1 aromatic heterocycles. The Morgan fingerprint density at radius 2 is 1.83 bits per heavy atom. The number of methoxy groups -OCH3 is 1. The summed E-state index contributed by atoms with van der Waals surface area (Å²) in [5.41, 5.74) is 0.676. The second kappa shape index (κ2) is 8.47. The van der Waals surface area contributed by atoms with Crippen molar-refractivity contribution in [2.75, 3.05) is 7.11 Å². The highest BCUT2D eigenvalue weighted by Gasteiger charge is 2.11. The highest BCUT2D eigenvalue weighted by Crippen LogP contribution is 2.27. The summed E-state index contributed by atoms with van der Waals surface area (Å²) in [5, 5.41) is 0.629. The number of fused-ring (bicyclic) bond motifs is 1. The number of ether oxygens (including phenoxy) is 3. The molecule has 3 aromatic carbocycles. The van der Waals surface area contributed by atoms with Crippen LogP contribution in [-0.2, 0) is 6.61 Å². The maximum atomic E-state index is 13.1. The standard InChI is InChI=1S/C23H16ClFO5/c1-27-16-3-2-4-18(10-16)30-22-13-29-21-11-17(7-8-19(21)23(22)26)28-12-14-5-6-15(25)9-20(14)24/h2-11,13H,12H2,1H3. The molecular weight excluding hydrogens is 411 g/mol. The first-order chi connectivity index (χ1) is 14.5. The van der Waals surface area contributed by atoms with Crippen molar-refractivity contribution in [1.82, 2.24) is 0 Å². The van der Waals surface area contributed by atoms with Gasteiger partial charge < -0.3 is 18.6 Å². The zero-order chi connectivity index (χ0) is 21.1. The Kier molecular flexibility index (Phi) is 5.59. The molecule has 0 saturated heterocycles. The van der Waals surface area contributed by atoms with Crippen LogP contribution in [0.25, 0.3) is 11.0 Å². The minimum atomic E-state index is -0.414. The Labute approximate surface area is 176 Å². The Morgan fingerprint density at radius 3 is 2.63 bits per heavy atom. The van der Waals surface area contributed by atoms with Gasteiger partial charge in [0.15, 0.2) is 0 Å². The van der Waals surface area contributed by atoms with E-state index in [0.29, 0.717) is 33.8 Å². The van der Waals surface area contributed by atoms with Crippen LogP contribution >= 0.6 is 11.6 Å². The molecule has 0 aliphatic rings. The molecule has 4 rings (SSSR count). The van der Waals surface area contributed by atoms with Crippen molar-refractivity contribution in [3.8, 4) is 23.0 Å². The van der Waals surface area contributed by atoms with Gasteiger partial charge in [-0.05, 0) is 36.4 Å². The first-order valence-corrected chi connectivity index (χ1v) is 9.35. The summed E-state index contributed by atoms with van der Waals surface area (Å²) in [6.07, 6.45) is 1.25. The van der Waals surface area contributed by atoms with Gasteiger partial charge in [0.1, 0.15) is 41.5 Å². The molecule has 0 atom stereocenters. The SMILES string of the molecule is COc1cccc(Oc2coc3cc(OCc4ccc(F)cc4Cl)ccc3c2=O)c1. The average molecular weight is 427 g/mol. The van der Waals surface area contributed by atoms with Crippen LogP contribution in [0.3, 0.4) is 0 Å². The molecule has 1 heterocycles. The molecule has 5 nitrogen and oxygen atoms in total. The van der Waals surface area contributed by atoms with Crippen molar-refractivity contribution in [1.29, 1.82) is 0 Å². The number of hydrogen-bond acceptors (Lipinski definition) is 5. The smallest absolute Gasteiger partial charge is 0.235 e. The van der Waals surface area contributed by atoms with Gasteiger partial charge in [-0.1, -0.05) is 23.7 Å². The third-order valence-corrected chi connectivity index (χ3v) is 4.74. The lowest BCUT2D eigenvalue weighted by Crippen LogP contribution is -2.05. The van der Waals surface area contributed by atoms with Gasteiger partial charge in [-0.3, -0.25) is 4.79 Å². The van der Waals surface area contributed by atoms with Gasteiger partial charge in [0, 0.05) is 17.7 Å². The van der Waals surface area contributed by atoms with Gasteiger partial charge >= 0.3 is 0 Å². The number of rotatable bonds is 6. The Bertz CT molecular complexity index is 1270. The molecule has 0 saturated carbocycles. The Balaban J connectivity index is 1.55. The van der Waals surface area contributed by atoms with Gasteiger partial charge in [0.2, 0.25) is 11.2 Å². The maximum absolute atomic E-state index is 13.1. The summed E-state index contributed by atoms with van der Waals surface area (Å²) in [6.45, 7) is 0.145. The molecule has 30 heavy (non-hydrogen) atoms. The third-order valence-electron chi connectivity index (χ3n) is 4.39. The fraction of sp³-hybridized carbons (Fsp3) is 0.0870. The lowest BCUT2D eigenvalue weighted by Gasteiger charge is -2.09. The lowest BCUT2D eigenvalue weighted by atomic mass is 10.2. The zero-order valence-corrected chi connectivity index (χ0v) is 16.6. The van der Waals surface area contributed by atoms with Crippen molar-refractivity contribution in [2.45, 2.75) is 6.61 Å². The quantitative estimate of drug-likeness (QED) is 0.380. The normalized spacial score (nSPS) is 10.8. The Hall–Kier alpha value is -3.51. The predicted octanol–water partition coefficient (Wildman–Crippen LogP) is 5.97. The van der Waals surface area contributed by atoms with E-state index in [-0.39, 0.29) is 22.8 Å². The van der Waals surface area contributed by atoms with Gasteiger partial charge in [-0.15, -0.1) is 0 Å². The van der Waals surface area contributed by atoms with Crippen LogP contribution in [0.2, 0.25) is 5.02 Å². The molecule has 0 aliphatic heterocycles. The molecule has 4 aromatic rings. The third kappa shape index (κ3) is 4.23. The Morgan fingerprint density at radius 1 is 1.00 bits per heavy atom. The predicted molar refractivity (Wildman–Crippen MR) is 111 cm³/mol. The lowest BCUT2D eigenvalue weighted by molar-refractivity contribution is 0.306. The molecule has 0 aliphatic carbocycles. The summed E-state index contributed by atoms with van der Waals surface area (Å²) in [4.78, 5) is 12.7. The van der Waals surface area contributed by atoms with Crippen LogP contribution in [0.4, 0.5) is 4.39 Å². The van der Waals surface area contributed by atoms with E-state index in [0.717, 1.165) is 0 Å². The molecule has 0 N–H and O–H groups in total. The topological polar surface area (TPSA) is 57.9 Å². The van der Waals surface area contributed by atoms with E-state index >= 15 is 0 Å². The summed E-state index contributed by atoms with van der Waals surface area (Å²) in [7, 11) is 1.55. The first-order valence-electron chi connectivity index (χ1n) is 8.97. The largest absolute Gasteiger partial charge is 0.497 e. The van der Waals surface area contributed by atoms with Gasteiger partial charge in [-0.2, -0.15) is 0 Å². The monoisotopic (exact) mass is 426 g/mol. The average Bonchev–Trinajstić information content (AvgIpc) is 2.75. The van der Waals surface area contributed by atoms with Crippen molar-refractivity contribution in [3.63, 3.8) is 0 Å². The summed E-state index contributed by atoms with van der Waals surface area (Å²) < 4.78 is 35.2. The van der Waals surface area contributed by atoms with Crippen LogP contribution in [0.1, 0.15) is 5.56 Å². The fourth-order valence-corrected chi connectivity index (χ4v) is 3.06. The molecule has 0 amide bonds. The number of benzene rings is 3. The van der Waals surface area contributed by atoms with E-state index in [2.05, 4.69) is 0 Å². The molecule has 7 heteroatoms. The van der Waals surface area contributed by atoms with Crippen molar-refractivity contribution in [2.24, 2.45) is 0 Å². The van der Waals surface area contributed by atoms with Crippen LogP contribution in [-0.4, -0.2) is 7.11 Å². The second-order valence-corrected chi connectivity index (χ2v) is 6.80. The second-order valence-electron chi connectivity index (χ2n) is 6.39. The van der Waals surface area contributed by atoms with Crippen molar-refractivity contribution in [3.05, 3.63) is 93.6 Å². The summed E-state index contributed by atoms with van der Waals surface area (Å²) >= 11 is 6.01.